The minimum Gasteiger partial charge on any atom is -0.446 e. The summed E-state index contributed by atoms with van der Waals surface area (Å²) in [6.45, 7) is 2.63. The highest BCUT2D eigenvalue weighted by atomic mass is 32.1. The molecule has 1 amide bonds. The number of hydrogen-bond donors (Lipinski definition) is 3. The van der Waals surface area contributed by atoms with Gasteiger partial charge in [0.1, 0.15) is 6.10 Å². The summed E-state index contributed by atoms with van der Waals surface area (Å²) in [4.78, 5) is 20.9. The minimum absolute atomic E-state index is 0.00263. The fraction of sp³-hybridized carbons (Fsp3) is 0.583. The van der Waals surface area contributed by atoms with Crippen LogP contribution in [0.25, 0.3) is 0 Å². The smallest absolute Gasteiger partial charge is 0.407 e. The maximum atomic E-state index is 11.5. The van der Waals surface area contributed by atoms with Crippen LogP contribution < -0.4 is 16.8 Å². The lowest BCUT2D eigenvalue weighted by Gasteiger charge is -2.21. The number of nitrogens with zero attached hydrogens (tertiary/aromatic N) is 2. The van der Waals surface area contributed by atoms with Crippen LogP contribution in [-0.2, 0) is 17.6 Å². The van der Waals surface area contributed by atoms with E-state index in [-0.39, 0.29) is 18.2 Å². The Hall–Kier alpha value is -1.83. The van der Waals surface area contributed by atoms with Crippen LogP contribution in [0.3, 0.4) is 0 Å². The number of carbonyl (C=O) groups is 1. The molecule has 7 nitrogen and oxygen atoms in total. The number of amides is 1. The number of thiazole rings is 1. The number of rotatable bonds is 4. The summed E-state index contributed by atoms with van der Waals surface area (Å²) in [6.07, 6.45) is 2.66. The highest BCUT2D eigenvalue weighted by Gasteiger charge is 2.25. The molecule has 2 rings (SSSR count). The fourth-order valence-electron chi connectivity index (χ4n) is 2.01. The molecule has 1 atom stereocenters. The fourth-order valence-corrected chi connectivity index (χ4v) is 3.07. The Bertz CT molecular complexity index is 510. The topological polar surface area (TPSA) is 116 Å². The normalized spacial score (nSPS) is 17.1. The van der Waals surface area contributed by atoms with E-state index >= 15 is 0 Å². The van der Waals surface area contributed by atoms with Gasteiger partial charge in [0.05, 0.1) is 5.69 Å². The van der Waals surface area contributed by atoms with Crippen molar-refractivity contribution in [1.82, 2.24) is 10.3 Å². The van der Waals surface area contributed by atoms with E-state index in [2.05, 4.69) is 15.3 Å². The first-order valence-corrected chi connectivity index (χ1v) is 7.42. The van der Waals surface area contributed by atoms with E-state index in [4.69, 9.17) is 16.2 Å². The first-order chi connectivity index (χ1) is 9.58. The highest BCUT2D eigenvalue weighted by molar-refractivity contribution is 7.15. The number of hydrogen-bond acceptors (Lipinski definition) is 5. The molecule has 0 saturated heterocycles. The second kappa shape index (κ2) is 6.56. The van der Waals surface area contributed by atoms with Gasteiger partial charge < -0.3 is 21.5 Å². The van der Waals surface area contributed by atoms with E-state index in [0.29, 0.717) is 18.1 Å². The number of alkyl carbamates (subject to hydrolysis) is 1. The molecule has 5 N–H and O–H groups in total. The number of guanidine groups is 1. The predicted molar refractivity (Wildman–Crippen MR) is 78.2 cm³/mol. The van der Waals surface area contributed by atoms with Crippen LogP contribution in [0.2, 0.25) is 0 Å². The van der Waals surface area contributed by atoms with Crippen LogP contribution in [0.15, 0.2) is 4.99 Å². The lowest BCUT2D eigenvalue weighted by Crippen LogP contribution is -2.32. The number of ether oxygens (including phenoxy) is 1. The van der Waals surface area contributed by atoms with Crippen LogP contribution in [-0.4, -0.2) is 29.7 Å². The van der Waals surface area contributed by atoms with Crippen molar-refractivity contribution in [2.45, 2.75) is 38.7 Å². The van der Waals surface area contributed by atoms with Gasteiger partial charge in [-0.3, -0.25) is 0 Å². The maximum Gasteiger partial charge on any atom is 0.407 e. The zero-order chi connectivity index (χ0) is 14.5. The van der Waals surface area contributed by atoms with E-state index < -0.39 is 0 Å². The highest BCUT2D eigenvalue weighted by Crippen LogP contribution is 2.32. The quantitative estimate of drug-likeness (QED) is 0.567. The summed E-state index contributed by atoms with van der Waals surface area (Å²) in [5.41, 5.74) is 11.7. The number of nitrogens with one attached hydrogen (secondary N) is 1. The number of nitrogens with two attached hydrogens (primary N) is 2. The van der Waals surface area contributed by atoms with Gasteiger partial charge in [-0.15, -0.1) is 0 Å². The molecule has 0 aliphatic heterocycles. The van der Waals surface area contributed by atoms with E-state index in [9.17, 15) is 4.79 Å². The average molecular weight is 297 g/mol. The summed E-state index contributed by atoms with van der Waals surface area (Å²) in [5, 5.41) is 3.27. The van der Waals surface area contributed by atoms with Crippen molar-refractivity contribution in [3.8, 4) is 0 Å². The molecule has 1 aromatic heterocycles. The molecule has 0 radical (unpaired) electrons. The van der Waals surface area contributed by atoms with Crippen LogP contribution in [0, 0.1) is 0 Å². The van der Waals surface area contributed by atoms with Gasteiger partial charge in [0.2, 0.25) is 5.13 Å². The SMILES string of the molecule is CCCNC(=O)OC1CCc2nc(N=C(N)N)sc2C1. The zero-order valence-corrected chi connectivity index (χ0v) is 12.2. The van der Waals surface area contributed by atoms with Crippen LogP contribution in [0.1, 0.15) is 30.3 Å². The molecule has 1 aliphatic rings. The van der Waals surface area contributed by atoms with Gasteiger partial charge in [-0.1, -0.05) is 18.3 Å². The summed E-state index contributed by atoms with van der Waals surface area (Å²) < 4.78 is 5.38. The zero-order valence-electron chi connectivity index (χ0n) is 11.4. The number of carbonyl (C=O) groups excluding carboxylic acids is 1. The van der Waals surface area contributed by atoms with Gasteiger partial charge in [0, 0.05) is 17.8 Å². The molecule has 0 bridgehead atoms. The minimum atomic E-state index is -0.353. The molecule has 0 fully saturated rings. The standard InChI is InChI=1S/C12H19N5O2S/c1-2-5-15-12(18)19-7-3-4-8-9(6-7)20-11(16-8)17-10(13)14/h7H,2-6H2,1H3,(H,15,18)(H4,13,14,16,17). The summed E-state index contributed by atoms with van der Waals surface area (Å²) in [6, 6.07) is 0. The molecule has 0 aromatic carbocycles. The Kier molecular flexibility index (Phi) is 4.78. The lowest BCUT2D eigenvalue weighted by molar-refractivity contribution is 0.0899. The molecule has 20 heavy (non-hydrogen) atoms. The van der Waals surface area contributed by atoms with Gasteiger partial charge in [0.25, 0.3) is 0 Å². The van der Waals surface area contributed by atoms with Gasteiger partial charge in [0.15, 0.2) is 5.96 Å². The first kappa shape index (κ1) is 14.6. The molecule has 0 saturated carbocycles. The van der Waals surface area contributed by atoms with E-state index in [1.807, 2.05) is 6.92 Å². The van der Waals surface area contributed by atoms with Crippen LogP contribution in [0.5, 0.6) is 0 Å². The van der Waals surface area contributed by atoms with Crippen molar-refractivity contribution >= 4 is 28.5 Å². The van der Waals surface area contributed by atoms with Gasteiger partial charge >= 0.3 is 6.09 Å². The number of fused-ring (bicyclic) bond motifs is 1. The largest absolute Gasteiger partial charge is 0.446 e. The molecule has 0 spiro atoms. The maximum absolute atomic E-state index is 11.5. The van der Waals surface area contributed by atoms with Crippen molar-refractivity contribution in [1.29, 1.82) is 0 Å². The van der Waals surface area contributed by atoms with E-state index in [0.717, 1.165) is 29.8 Å². The van der Waals surface area contributed by atoms with Crippen molar-refractivity contribution in [3.05, 3.63) is 10.6 Å². The Morgan fingerprint density at radius 2 is 2.40 bits per heavy atom. The van der Waals surface area contributed by atoms with Gasteiger partial charge in [-0.25, -0.2) is 9.78 Å². The summed E-state index contributed by atoms with van der Waals surface area (Å²) >= 11 is 1.44. The predicted octanol–water partition coefficient (Wildman–Crippen LogP) is 1.04. The Morgan fingerprint density at radius 3 is 3.10 bits per heavy atom. The second-order valence-corrected chi connectivity index (χ2v) is 5.66. The van der Waals surface area contributed by atoms with Crippen molar-refractivity contribution in [3.63, 3.8) is 0 Å². The van der Waals surface area contributed by atoms with E-state index in [1.165, 1.54) is 11.3 Å². The Balaban J connectivity index is 1.95. The van der Waals surface area contributed by atoms with Crippen molar-refractivity contribution in [2.75, 3.05) is 6.54 Å². The van der Waals surface area contributed by atoms with Crippen LogP contribution >= 0.6 is 11.3 Å². The third kappa shape index (κ3) is 3.83. The molecular weight excluding hydrogens is 278 g/mol. The number of aryl methyl sites for hydroxylation is 1. The molecule has 110 valence electrons. The van der Waals surface area contributed by atoms with Crippen molar-refractivity contribution in [2.24, 2.45) is 16.5 Å². The lowest BCUT2D eigenvalue weighted by atomic mass is 10.0. The third-order valence-corrected chi connectivity index (χ3v) is 3.91. The second-order valence-electron chi connectivity index (χ2n) is 4.60. The molecule has 1 unspecified atom stereocenters. The van der Waals surface area contributed by atoms with Gasteiger partial charge in [-0.05, 0) is 19.3 Å². The monoisotopic (exact) mass is 297 g/mol. The molecule has 1 aromatic rings. The third-order valence-electron chi connectivity index (χ3n) is 2.90. The first-order valence-electron chi connectivity index (χ1n) is 6.61. The Morgan fingerprint density at radius 1 is 1.60 bits per heavy atom. The van der Waals surface area contributed by atoms with Crippen molar-refractivity contribution < 1.29 is 9.53 Å². The van der Waals surface area contributed by atoms with Crippen LogP contribution in [0.4, 0.5) is 9.93 Å². The number of aliphatic imine (C=N–C) groups is 1. The average Bonchev–Trinajstić information content (AvgIpc) is 2.76. The molecular formula is C12H19N5O2S. The summed E-state index contributed by atoms with van der Waals surface area (Å²) in [7, 11) is 0. The number of aromatic nitrogens is 1. The molecule has 1 aliphatic carbocycles. The Labute approximate surface area is 121 Å². The molecule has 1 heterocycles. The summed E-state index contributed by atoms with van der Waals surface area (Å²) in [5.74, 6) is 0.00263. The van der Waals surface area contributed by atoms with E-state index in [1.54, 1.807) is 0 Å². The van der Waals surface area contributed by atoms with Gasteiger partial charge in [-0.2, -0.15) is 4.99 Å². The molecule has 8 heteroatoms.